The van der Waals surface area contributed by atoms with Crippen molar-refractivity contribution in [1.29, 1.82) is 0 Å². The molecule has 11 atom stereocenters. The van der Waals surface area contributed by atoms with Crippen molar-refractivity contribution in [2.45, 2.75) is 137 Å². The van der Waals surface area contributed by atoms with Crippen LogP contribution in [0.3, 0.4) is 0 Å². The minimum absolute atomic E-state index is 0.0239. The van der Waals surface area contributed by atoms with Crippen molar-refractivity contribution >= 4 is 11.9 Å². The first-order chi connectivity index (χ1) is 23.1. The molecule has 2 bridgehead atoms. The van der Waals surface area contributed by atoms with E-state index in [1.807, 2.05) is 0 Å². The van der Waals surface area contributed by atoms with Crippen LogP contribution in [0.1, 0.15) is 125 Å². The summed E-state index contributed by atoms with van der Waals surface area (Å²) in [6.07, 6.45) is 14.1. The quantitative estimate of drug-likeness (QED) is 0.256. The Kier molecular flexibility index (Phi) is 8.67. The summed E-state index contributed by atoms with van der Waals surface area (Å²) in [5.74, 6) is 0.587. The van der Waals surface area contributed by atoms with Crippen molar-refractivity contribution in [3.8, 4) is 0 Å². The van der Waals surface area contributed by atoms with E-state index in [1.165, 1.54) is 24.8 Å². The smallest absolute Gasteiger partial charge is 0.307 e. The van der Waals surface area contributed by atoms with E-state index in [9.17, 15) is 9.90 Å². The highest BCUT2D eigenvalue weighted by Crippen LogP contribution is 2.75. The molecule has 7 rings (SSSR count). The topological polar surface area (TPSA) is 137 Å². The fourth-order valence-corrected chi connectivity index (χ4v) is 13.4. The van der Waals surface area contributed by atoms with Gasteiger partial charge in [0, 0.05) is 16.4 Å². The third-order valence-corrected chi connectivity index (χ3v) is 16.7. The van der Waals surface area contributed by atoms with Crippen LogP contribution in [0.5, 0.6) is 0 Å². The summed E-state index contributed by atoms with van der Waals surface area (Å²) in [6.45, 7) is 18.2. The van der Waals surface area contributed by atoms with Gasteiger partial charge in [0.05, 0.1) is 31.8 Å². The number of hydrogen-bond acceptors (Lipinski definition) is 8. The number of tetrazole rings is 1. The summed E-state index contributed by atoms with van der Waals surface area (Å²) >= 11 is 0. The van der Waals surface area contributed by atoms with Crippen LogP contribution < -0.4 is 11.1 Å². The fraction of sp³-hybridized carbons (Fsp3) is 0.897. The van der Waals surface area contributed by atoms with E-state index in [0.717, 1.165) is 51.4 Å². The molecular weight excluding hydrogens is 616 g/mol. The zero-order valence-electron chi connectivity index (χ0n) is 31.6. The number of nitrogens with one attached hydrogen (secondary N) is 1. The number of anilines is 1. The third-order valence-electron chi connectivity index (χ3n) is 16.7. The number of nitrogens with zero attached hydrogens (tertiary/aromatic N) is 4. The molecule has 49 heavy (non-hydrogen) atoms. The molecule has 0 aromatic carbocycles. The molecule has 0 amide bonds. The predicted octanol–water partition coefficient (Wildman–Crippen LogP) is 6.69. The number of carboxylic acid groups (broad SMARTS) is 1. The second-order valence-electron chi connectivity index (χ2n) is 18.9. The van der Waals surface area contributed by atoms with E-state index < -0.39 is 11.9 Å². The summed E-state index contributed by atoms with van der Waals surface area (Å²) in [7, 11) is 2.08. The normalized spacial score (nSPS) is 45.1. The molecule has 5 fully saturated rings. The van der Waals surface area contributed by atoms with Crippen molar-refractivity contribution in [3.63, 3.8) is 0 Å². The second-order valence-corrected chi connectivity index (χ2v) is 18.9. The minimum Gasteiger partial charge on any atom is -0.481 e. The zero-order valence-corrected chi connectivity index (χ0v) is 31.6. The molecule has 10 heteroatoms. The van der Waals surface area contributed by atoms with Crippen molar-refractivity contribution in [2.24, 2.45) is 56.7 Å². The average Bonchev–Trinajstić information content (AvgIpc) is 3.50. The number of nitrogens with two attached hydrogens (primary N) is 1. The van der Waals surface area contributed by atoms with Crippen molar-refractivity contribution in [3.05, 3.63) is 11.6 Å². The number of likely N-dealkylation sites (N-methyl/N-ethyl adjacent to an activating group) is 1. The first-order valence-corrected chi connectivity index (χ1v) is 19.5. The van der Waals surface area contributed by atoms with Crippen molar-refractivity contribution < 1.29 is 19.4 Å². The second kappa shape index (κ2) is 12.0. The monoisotopic (exact) mass is 680 g/mol. The Labute approximate surface area is 294 Å². The number of hydrogen-bond donors (Lipinski definition) is 3. The first-order valence-electron chi connectivity index (χ1n) is 19.5. The third kappa shape index (κ3) is 4.95. The molecule has 4 N–H and O–H groups in total. The standard InChI is InChI=1S/C39H64N6O4/c1-24(2)25(3)34(4)18-19-36(6)26-12-13-29-35(5)21-48-23-39(29,27(26)14-17-37(36,7)30(34)32(46)47)20-28(45-43-33(40)42-44-45)31(35)49-22-38(41-8)15-10-9-11-16-38/h14,24-26,28-31,41H,9-13,15-23H2,1-8H3,(H2,40,43)(H,46,47)/t25-,26+,28-,29+,30-,31+,34-,35-,36-,37+,39+/m1/s1. The molecular formula is C39H64N6O4. The molecule has 4 saturated carbocycles. The van der Waals surface area contributed by atoms with Gasteiger partial charge < -0.3 is 25.6 Å². The Hall–Kier alpha value is -2.04. The molecule has 1 aliphatic heterocycles. The van der Waals surface area contributed by atoms with E-state index in [1.54, 1.807) is 4.80 Å². The highest BCUT2D eigenvalue weighted by Gasteiger charge is 2.72. The maximum Gasteiger partial charge on any atom is 0.307 e. The summed E-state index contributed by atoms with van der Waals surface area (Å²) in [6, 6.07) is -0.137. The van der Waals surface area contributed by atoms with Gasteiger partial charge in [-0.25, -0.2) is 0 Å². The van der Waals surface area contributed by atoms with Gasteiger partial charge in [-0.1, -0.05) is 84.5 Å². The molecule has 5 aliphatic carbocycles. The van der Waals surface area contributed by atoms with Gasteiger partial charge in [-0.2, -0.15) is 4.80 Å². The molecule has 6 aliphatic rings. The molecule has 1 aromatic rings. The fourth-order valence-electron chi connectivity index (χ4n) is 13.4. The maximum atomic E-state index is 13.5. The number of carboxylic acids is 1. The Morgan fingerprint density at radius 2 is 1.82 bits per heavy atom. The van der Waals surface area contributed by atoms with Gasteiger partial charge >= 0.3 is 5.97 Å². The zero-order chi connectivity index (χ0) is 35.2. The molecule has 0 radical (unpaired) electrons. The maximum absolute atomic E-state index is 13.5. The molecule has 2 heterocycles. The predicted molar refractivity (Wildman–Crippen MR) is 189 cm³/mol. The lowest BCUT2D eigenvalue weighted by Gasteiger charge is -2.71. The number of carbonyl (C=O) groups is 1. The highest BCUT2D eigenvalue weighted by atomic mass is 16.5. The lowest BCUT2D eigenvalue weighted by Crippen LogP contribution is -2.69. The van der Waals surface area contributed by atoms with Crippen molar-refractivity contribution in [2.75, 3.05) is 32.6 Å². The molecule has 0 unspecified atom stereocenters. The van der Waals surface area contributed by atoms with Crippen LogP contribution in [-0.4, -0.2) is 69.8 Å². The Morgan fingerprint density at radius 1 is 1.08 bits per heavy atom. The number of aliphatic carboxylic acids is 1. The number of rotatable bonds is 8. The van der Waals surface area contributed by atoms with Gasteiger partial charge in [0.25, 0.3) is 5.95 Å². The molecule has 274 valence electrons. The Morgan fingerprint density at radius 3 is 2.45 bits per heavy atom. The molecule has 1 saturated heterocycles. The van der Waals surface area contributed by atoms with Crippen LogP contribution in [-0.2, 0) is 14.3 Å². The summed E-state index contributed by atoms with van der Waals surface area (Å²) < 4.78 is 13.9. The van der Waals surface area contributed by atoms with Gasteiger partial charge in [-0.15, -0.1) is 5.10 Å². The Balaban J connectivity index is 1.29. The Bertz CT molecular complexity index is 1460. The van der Waals surface area contributed by atoms with Gasteiger partial charge in [-0.3, -0.25) is 4.79 Å². The first kappa shape index (κ1) is 35.4. The van der Waals surface area contributed by atoms with Crippen LogP contribution in [0, 0.1) is 56.7 Å². The summed E-state index contributed by atoms with van der Waals surface area (Å²) in [5.41, 5.74) is 6.38. The van der Waals surface area contributed by atoms with E-state index in [0.29, 0.717) is 43.5 Å². The SMILES string of the molecule is CNC1(CO[C@H]2[C@H](n3nnc(N)n3)C[C@@]34COC[C@]2(C)[C@@H]3CC[C@H]2C4=CC[C@@]3(C)[C@H](C(=O)O)[C@@](C)([C@H](C)C(C)C)CC[C@]23C)CCCCC1. The lowest BCUT2D eigenvalue weighted by atomic mass is 9.34. The van der Waals surface area contributed by atoms with Crippen LogP contribution in [0.15, 0.2) is 11.6 Å². The van der Waals surface area contributed by atoms with Crippen molar-refractivity contribution in [1.82, 2.24) is 25.5 Å². The summed E-state index contributed by atoms with van der Waals surface area (Å²) in [4.78, 5) is 15.2. The van der Waals surface area contributed by atoms with E-state index >= 15 is 0 Å². The van der Waals surface area contributed by atoms with Gasteiger partial charge in [-0.05, 0) is 104 Å². The molecule has 1 aromatic heterocycles. The van der Waals surface area contributed by atoms with Gasteiger partial charge in [0.15, 0.2) is 0 Å². The number of aromatic nitrogens is 4. The number of ether oxygens (including phenoxy) is 2. The van der Waals surface area contributed by atoms with Gasteiger partial charge in [0.1, 0.15) is 6.04 Å². The number of fused-ring (bicyclic) bond motifs is 3. The number of nitrogen functional groups attached to an aromatic ring is 1. The minimum atomic E-state index is -0.620. The molecule has 10 nitrogen and oxygen atoms in total. The van der Waals surface area contributed by atoms with E-state index in [4.69, 9.17) is 15.2 Å². The molecule has 0 spiro atoms. The van der Waals surface area contributed by atoms with E-state index in [-0.39, 0.29) is 50.7 Å². The average molecular weight is 681 g/mol. The largest absolute Gasteiger partial charge is 0.481 e. The summed E-state index contributed by atoms with van der Waals surface area (Å²) in [5, 5.41) is 28.0. The van der Waals surface area contributed by atoms with Crippen LogP contribution in [0.2, 0.25) is 0 Å². The van der Waals surface area contributed by atoms with E-state index in [2.05, 4.69) is 82.3 Å². The van der Waals surface area contributed by atoms with Gasteiger partial charge in [0.2, 0.25) is 0 Å². The highest BCUT2D eigenvalue weighted by molar-refractivity contribution is 5.73. The van der Waals surface area contributed by atoms with Crippen LogP contribution in [0.4, 0.5) is 5.95 Å². The van der Waals surface area contributed by atoms with Crippen LogP contribution in [0.25, 0.3) is 0 Å². The number of allylic oxidation sites excluding steroid dienone is 1. The lowest BCUT2D eigenvalue weighted by molar-refractivity contribution is -0.254. The van der Waals surface area contributed by atoms with Crippen LogP contribution >= 0.6 is 0 Å².